The van der Waals surface area contributed by atoms with Gasteiger partial charge in [0, 0.05) is 16.8 Å². The Bertz CT molecular complexity index is 1250. The number of carbonyl (C=O) groups excluding carboxylic acids is 1. The molecule has 0 spiro atoms. The number of aromatic nitrogens is 3. The molecular formula is C20H14ClN5O3. The van der Waals surface area contributed by atoms with Gasteiger partial charge in [-0.1, -0.05) is 23.7 Å². The maximum Gasteiger partial charge on any atom is 0.282 e. The largest absolute Gasteiger partial charge is 0.321 e. The molecule has 9 heteroatoms. The molecule has 0 saturated heterocycles. The van der Waals surface area contributed by atoms with Gasteiger partial charge in [0.15, 0.2) is 0 Å². The molecule has 0 atom stereocenters. The number of amides is 1. The van der Waals surface area contributed by atoms with Gasteiger partial charge in [-0.3, -0.25) is 14.9 Å². The van der Waals surface area contributed by atoms with Gasteiger partial charge < -0.3 is 5.32 Å². The van der Waals surface area contributed by atoms with Crippen molar-refractivity contribution in [2.24, 2.45) is 0 Å². The first kappa shape index (κ1) is 18.6. The highest BCUT2D eigenvalue weighted by Crippen LogP contribution is 2.25. The van der Waals surface area contributed by atoms with Gasteiger partial charge in [-0.25, -0.2) is 0 Å². The Morgan fingerprint density at radius 1 is 1.07 bits per heavy atom. The Morgan fingerprint density at radius 3 is 2.41 bits per heavy atom. The molecule has 4 aromatic rings. The van der Waals surface area contributed by atoms with E-state index in [0.29, 0.717) is 21.7 Å². The molecule has 4 rings (SSSR count). The minimum absolute atomic E-state index is 0.0122. The van der Waals surface area contributed by atoms with Gasteiger partial charge in [0.1, 0.15) is 16.6 Å². The summed E-state index contributed by atoms with van der Waals surface area (Å²) in [4.78, 5) is 24.7. The maximum absolute atomic E-state index is 12.6. The first-order valence-electron chi connectivity index (χ1n) is 8.61. The Labute approximate surface area is 169 Å². The highest BCUT2D eigenvalue weighted by Gasteiger charge is 2.20. The van der Waals surface area contributed by atoms with Gasteiger partial charge in [-0.05, 0) is 55.0 Å². The molecule has 0 bridgehead atoms. The van der Waals surface area contributed by atoms with Crippen LogP contribution < -0.4 is 5.32 Å². The second-order valence-corrected chi connectivity index (χ2v) is 6.79. The fourth-order valence-electron chi connectivity index (χ4n) is 2.91. The molecule has 0 aliphatic rings. The summed E-state index contributed by atoms with van der Waals surface area (Å²) in [5.41, 5.74) is 2.97. The summed E-state index contributed by atoms with van der Waals surface area (Å²) >= 11 is 5.92. The van der Waals surface area contributed by atoms with Crippen LogP contribution in [0.15, 0.2) is 60.7 Å². The Morgan fingerprint density at radius 2 is 1.72 bits per heavy atom. The average Bonchev–Trinajstić information content (AvgIpc) is 3.11. The van der Waals surface area contributed by atoms with Crippen molar-refractivity contribution in [3.63, 3.8) is 0 Å². The third-order valence-corrected chi connectivity index (χ3v) is 4.63. The zero-order valence-electron chi connectivity index (χ0n) is 15.2. The molecule has 144 valence electrons. The van der Waals surface area contributed by atoms with Crippen molar-refractivity contribution in [2.45, 2.75) is 6.92 Å². The number of benzene rings is 3. The zero-order chi connectivity index (χ0) is 20.5. The fourth-order valence-corrected chi connectivity index (χ4v) is 3.03. The van der Waals surface area contributed by atoms with E-state index in [1.54, 1.807) is 42.5 Å². The number of rotatable bonds is 4. The number of aryl methyl sites for hydroxylation is 1. The van der Waals surface area contributed by atoms with Crippen LogP contribution in [0.4, 0.5) is 11.4 Å². The number of hydrogen-bond donors (Lipinski definition) is 1. The molecule has 0 aliphatic heterocycles. The fraction of sp³-hybridized carbons (Fsp3) is 0.0500. The van der Waals surface area contributed by atoms with E-state index in [-0.39, 0.29) is 11.3 Å². The molecule has 1 heterocycles. The topological polar surface area (TPSA) is 103 Å². The number of nitrogens with one attached hydrogen (secondary N) is 1. The lowest BCUT2D eigenvalue weighted by atomic mass is 10.1. The zero-order valence-corrected chi connectivity index (χ0v) is 15.9. The first-order chi connectivity index (χ1) is 13.9. The van der Waals surface area contributed by atoms with Crippen molar-refractivity contribution in [2.75, 3.05) is 5.32 Å². The smallest absolute Gasteiger partial charge is 0.282 e. The predicted molar refractivity (Wildman–Crippen MR) is 110 cm³/mol. The Kier molecular flexibility index (Phi) is 4.69. The van der Waals surface area contributed by atoms with Gasteiger partial charge >= 0.3 is 0 Å². The third-order valence-electron chi connectivity index (χ3n) is 4.38. The summed E-state index contributed by atoms with van der Waals surface area (Å²) in [6.45, 7) is 1.82. The normalized spacial score (nSPS) is 10.8. The lowest BCUT2D eigenvalue weighted by Crippen LogP contribution is -2.14. The molecule has 0 fully saturated rings. The van der Waals surface area contributed by atoms with Crippen molar-refractivity contribution in [1.29, 1.82) is 0 Å². The number of carbonyl (C=O) groups is 1. The number of nitro groups is 1. The molecule has 3 aromatic carbocycles. The molecule has 8 nitrogen and oxygen atoms in total. The summed E-state index contributed by atoms with van der Waals surface area (Å²) in [5, 5.41) is 23.4. The van der Waals surface area contributed by atoms with Crippen LogP contribution in [0.1, 0.15) is 15.9 Å². The van der Waals surface area contributed by atoms with Crippen molar-refractivity contribution < 1.29 is 9.72 Å². The second kappa shape index (κ2) is 7.33. The van der Waals surface area contributed by atoms with E-state index in [9.17, 15) is 14.9 Å². The van der Waals surface area contributed by atoms with E-state index < -0.39 is 10.8 Å². The quantitative estimate of drug-likeness (QED) is 0.395. The number of fused-ring (bicyclic) bond motifs is 1. The van der Waals surface area contributed by atoms with E-state index in [2.05, 4.69) is 15.5 Å². The van der Waals surface area contributed by atoms with Crippen LogP contribution in [0.25, 0.3) is 16.7 Å². The Balaban J connectivity index is 1.68. The number of hydrogen-bond acceptors (Lipinski definition) is 5. The van der Waals surface area contributed by atoms with E-state index in [1.165, 1.54) is 23.0 Å². The summed E-state index contributed by atoms with van der Waals surface area (Å²) in [5.74, 6) is -0.565. The number of nitrogens with zero attached hydrogens (tertiary/aromatic N) is 4. The summed E-state index contributed by atoms with van der Waals surface area (Å²) < 4.78 is 0. The minimum Gasteiger partial charge on any atom is -0.321 e. The lowest BCUT2D eigenvalue weighted by molar-refractivity contribution is -0.385. The first-order valence-corrected chi connectivity index (χ1v) is 8.98. The molecule has 0 aliphatic carbocycles. The van der Waals surface area contributed by atoms with Gasteiger partial charge in [-0.2, -0.15) is 4.80 Å². The predicted octanol–water partition coefficient (Wildman–Crippen LogP) is 4.54. The molecular weight excluding hydrogens is 394 g/mol. The monoisotopic (exact) mass is 407 g/mol. The van der Waals surface area contributed by atoms with Gasteiger partial charge in [0.25, 0.3) is 11.6 Å². The minimum atomic E-state index is -0.581. The standard InChI is InChI=1S/C20H14ClN5O3/c1-12-10-17-18(24-25(23-17)14-8-6-13(21)7-9-14)11-16(12)22-20(27)15-4-2-3-5-19(15)26(28)29/h2-11H,1H3,(H,22,27). The van der Waals surface area contributed by atoms with Gasteiger partial charge in [0.05, 0.1) is 10.6 Å². The number of anilines is 1. The van der Waals surface area contributed by atoms with E-state index in [4.69, 9.17) is 11.6 Å². The highest BCUT2D eigenvalue weighted by atomic mass is 35.5. The van der Waals surface area contributed by atoms with Crippen molar-refractivity contribution in [3.8, 4) is 5.69 Å². The summed E-state index contributed by atoms with van der Waals surface area (Å²) in [7, 11) is 0. The lowest BCUT2D eigenvalue weighted by Gasteiger charge is -2.08. The molecule has 1 amide bonds. The van der Waals surface area contributed by atoms with Crippen LogP contribution in [-0.4, -0.2) is 25.8 Å². The average molecular weight is 408 g/mol. The second-order valence-electron chi connectivity index (χ2n) is 6.35. The van der Waals surface area contributed by atoms with Crippen LogP contribution in [-0.2, 0) is 0 Å². The SMILES string of the molecule is Cc1cc2nn(-c3ccc(Cl)cc3)nc2cc1NC(=O)c1ccccc1[N+](=O)[O-]. The van der Waals surface area contributed by atoms with E-state index in [0.717, 1.165) is 11.3 Å². The van der Waals surface area contributed by atoms with Crippen molar-refractivity contribution in [1.82, 2.24) is 15.0 Å². The van der Waals surface area contributed by atoms with E-state index >= 15 is 0 Å². The molecule has 1 aromatic heterocycles. The molecule has 0 unspecified atom stereocenters. The van der Waals surface area contributed by atoms with Crippen molar-refractivity contribution in [3.05, 3.63) is 86.9 Å². The molecule has 1 N–H and O–H groups in total. The number of nitro benzene ring substituents is 1. The van der Waals surface area contributed by atoms with Crippen LogP contribution in [0, 0.1) is 17.0 Å². The van der Waals surface area contributed by atoms with E-state index in [1.807, 2.05) is 6.92 Å². The number of halogens is 1. The maximum atomic E-state index is 12.6. The Hall–Kier alpha value is -3.78. The number of para-hydroxylation sites is 1. The van der Waals surface area contributed by atoms with Crippen molar-refractivity contribution >= 4 is 39.9 Å². The summed E-state index contributed by atoms with van der Waals surface area (Å²) in [6.07, 6.45) is 0. The summed E-state index contributed by atoms with van der Waals surface area (Å²) in [6, 6.07) is 16.4. The molecule has 0 radical (unpaired) electrons. The van der Waals surface area contributed by atoms with Gasteiger partial charge in [0.2, 0.25) is 0 Å². The highest BCUT2D eigenvalue weighted by molar-refractivity contribution is 6.30. The van der Waals surface area contributed by atoms with Crippen LogP contribution in [0.2, 0.25) is 5.02 Å². The molecule has 29 heavy (non-hydrogen) atoms. The van der Waals surface area contributed by atoms with Crippen LogP contribution >= 0.6 is 11.6 Å². The van der Waals surface area contributed by atoms with Gasteiger partial charge in [-0.15, -0.1) is 10.2 Å². The van der Waals surface area contributed by atoms with Crippen LogP contribution in [0.5, 0.6) is 0 Å². The molecule has 0 saturated carbocycles. The third kappa shape index (κ3) is 3.65. The van der Waals surface area contributed by atoms with Crippen LogP contribution in [0.3, 0.4) is 0 Å².